The van der Waals surface area contributed by atoms with Crippen LogP contribution in [0.2, 0.25) is 0 Å². The number of hydrogen-bond donors (Lipinski definition) is 2. The Hall–Kier alpha value is -1.47. The molecule has 0 aromatic carbocycles. The van der Waals surface area contributed by atoms with Crippen molar-refractivity contribution in [1.82, 2.24) is 10.2 Å². The Kier molecular flexibility index (Phi) is 3.16. The Morgan fingerprint density at radius 2 is 2.38 bits per heavy atom. The molecule has 16 heavy (non-hydrogen) atoms. The first kappa shape index (κ1) is 11.0. The van der Waals surface area contributed by atoms with Crippen molar-refractivity contribution in [1.29, 1.82) is 0 Å². The lowest BCUT2D eigenvalue weighted by molar-refractivity contribution is 0.102. The Bertz CT molecular complexity index is 505. The molecule has 0 saturated carbocycles. The van der Waals surface area contributed by atoms with Gasteiger partial charge in [0.05, 0.1) is 4.88 Å². The van der Waals surface area contributed by atoms with Gasteiger partial charge in [0, 0.05) is 0 Å². The average molecular weight is 254 g/mol. The fourth-order valence-electron chi connectivity index (χ4n) is 1.25. The first-order valence-corrected chi connectivity index (χ1v) is 6.37. The minimum absolute atomic E-state index is 0.150. The molecule has 84 valence electrons. The van der Waals surface area contributed by atoms with E-state index >= 15 is 0 Å². The second-order valence-corrected chi connectivity index (χ2v) is 4.95. The smallest absolute Gasteiger partial charge is 0.267 e. The second-order valence-electron chi connectivity index (χ2n) is 3.03. The van der Waals surface area contributed by atoms with Gasteiger partial charge in [-0.25, -0.2) is 0 Å². The number of carbonyl (C=O) groups is 1. The van der Waals surface area contributed by atoms with Crippen molar-refractivity contribution >= 4 is 38.8 Å². The summed E-state index contributed by atoms with van der Waals surface area (Å²) in [5.74, 6) is -0.150. The first-order chi connectivity index (χ1) is 7.70. The van der Waals surface area contributed by atoms with Gasteiger partial charge >= 0.3 is 0 Å². The average Bonchev–Trinajstić information content (AvgIpc) is 2.86. The molecule has 0 radical (unpaired) electrons. The SMILES string of the molecule is CCc1ccsc1C(=O)Nc1nnc(N)s1. The number of thiophene rings is 1. The van der Waals surface area contributed by atoms with E-state index < -0.39 is 0 Å². The summed E-state index contributed by atoms with van der Waals surface area (Å²) in [5, 5.41) is 12.7. The Morgan fingerprint density at radius 1 is 1.56 bits per heavy atom. The highest BCUT2D eigenvalue weighted by atomic mass is 32.1. The van der Waals surface area contributed by atoms with Gasteiger partial charge < -0.3 is 5.73 Å². The molecule has 2 aromatic rings. The molecule has 0 fully saturated rings. The Labute approximate surface area is 100 Å². The lowest BCUT2D eigenvalue weighted by Gasteiger charge is -2.00. The van der Waals surface area contributed by atoms with E-state index in [9.17, 15) is 4.79 Å². The third kappa shape index (κ3) is 2.20. The third-order valence-corrected chi connectivity index (χ3v) is 3.62. The van der Waals surface area contributed by atoms with Crippen LogP contribution >= 0.6 is 22.7 Å². The topological polar surface area (TPSA) is 80.9 Å². The van der Waals surface area contributed by atoms with Crippen LogP contribution in [0.1, 0.15) is 22.2 Å². The van der Waals surface area contributed by atoms with E-state index in [0.717, 1.165) is 28.2 Å². The number of hydrogen-bond acceptors (Lipinski definition) is 6. The van der Waals surface area contributed by atoms with E-state index in [1.807, 2.05) is 18.4 Å². The molecule has 0 aliphatic rings. The molecular formula is C9H10N4OS2. The van der Waals surface area contributed by atoms with Crippen LogP contribution in [0.15, 0.2) is 11.4 Å². The van der Waals surface area contributed by atoms with E-state index in [1.54, 1.807) is 0 Å². The molecule has 5 nitrogen and oxygen atoms in total. The van der Waals surface area contributed by atoms with Gasteiger partial charge in [-0.2, -0.15) is 0 Å². The predicted molar refractivity (Wildman–Crippen MR) is 66.0 cm³/mol. The van der Waals surface area contributed by atoms with Gasteiger partial charge in [0.1, 0.15) is 0 Å². The van der Waals surface area contributed by atoms with Gasteiger partial charge in [-0.3, -0.25) is 10.1 Å². The van der Waals surface area contributed by atoms with Gasteiger partial charge in [-0.1, -0.05) is 18.3 Å². The maximum absolute atomic E-state index is 11.9. The summed E-state index contributed by atoms with van der Waals surface area (Å²) >= 11 is 2.58. The summed E-state index contributed by atoms with van der Waals surface area (Å²) in [4.78, 5) is 12.6. The number of nitrogens with one attached hydrogen (secondary N) is 1. The van der Waals surface area contributed by atoms with Crippen molar-refractivity contribution in [3.05, 3.63) is 21.9 Å². The van der Waals surface area contributed by atoms with Crippen LogP contribution in [0.4, 0.5) is 10.3 Å². The normalized spacial score (nSPS) is 10.3. The van der Waals surface area contributed by atoms with E-state index in [0.29, 0.717) is 10.3 Å². The van der Waals surface area contributed by atoms with E-state index in [4.69, 9.17) is 5.73 Å². The third-order valence-electron chi connectivity index (χ3n) is 1.99. The zero-order valence-electron chi connectivity index (χ0n) is 8.56. The highest BCUT2D eigenvalue weighted by Gasteiger charge is 2.13. The lowest BCUT2D eigenvalue weighted by atomic mass is 10.2. The highest BCUT2D eigenvalue weighted by molar-refractivity contribution is 7.19. The monoisotopic (exact) mass is 254 g/mol. The van der Waals surface area contributed by atoms with E-state index in [2.05, 4.69) is 15.5 Å². The first-order valence-electron chi connectivity index (χ1n) is 4.67. The number of amides is 1. The molecule has 0 unspecified atom stereocenters. The van der Waals surface area contributed by atoms with Crippen molar-refractivity contribution in [3.63, 3.8) is 0 Å². The van der Waals surface area contributed by atoms with Crippen LogP contribution in [0, 0.1) is 0 Å². The Balaban J connectivity index is 2.14. The van der Waals surface area contributed by atoms with E-state index in [-0.39, 0.29) is 5.91 Å². The molecule has 1 amide bonds. The van der Waals surface area contributed by atoms with Gasteiger partial charge in [0.15, 0.2) is 0 Å². The molecule has 0 atom stereocenters. The standard InChI is InChI=1S/C9H10N4OS2/c1-2-5-3-4-15-6(5)7(14)11-9-13-12-8(10)16-9/h3-4H,2H2,1H3,(H2,10,12)(H,11,13,14). The van der Waals surface area contributed by atoms with Gasteiger partial charge in [-0.15, -0.1) is 21.5 Å². The minimum Gasteiger partial charge on any atom is -0.374 e. The number of aromatic nitrogens is 2. The zero-order valence-corrected chi connectivity index (χ0v) is 10.2. The maximum atomic E-state index is 11.9. The summed E-state index contributed by atoms with van der Waals surface area (Å²) in [6.07, 6.45) is 0.838. The molecule has 0 bridgehead atoms. The number of aryl methyl sites for hydroxylation is 1. The summed E-state index contributed by atoms with van der Waals surface area (Å²) in [6, 6.07) is 1.95. The molecule has 2 rings (SSSR count). The molecule has 2 aromatic heterocycles. The van der Waals surface area contributed by atoms with Crippen LogP contribution in [0.3, 0.4) is 0 Å². The number of rotatable bonds is 3. The van der Waals surface area contributed by atoms with Crippen LogP contribution in [0.25, 0.3) is 0 Å². The van der Waals surface area contributed by atoms with Crippen LogP contribution in [0.5, 0.6) is 0 Å². The second kappa shape index (κ2) is 4.58. The summed E-state index contributed by atoms with van der Waals surface area (Å²) < 4.78 is 0. The largest absolute Gasteiger partial charge is 0.374 e. The van der Waals surface area contributed by atoms with Gasteiger partial charge in [0.2, 0.25) is 10.3 Å². The highest BCUT2D eigenvalue weighted by Crippen LogP contribution is 2.21. The van der Waals surface area contributed by atoms with Crippen molar-refractivity contribution in [2.75, 3.05) is 11.1 Å². The van der Waals surface area contributed by atoms with Crippen molar-refractivity contribution < 1.29 is 4.79 Å². The molecule has 0 spiro atoms. The molecule has 0 aliphatic carbocycles. The molecule has 0 saturated heterocycles. The summed E-state index contributed by atoms with van der Waals surface area (Å²) in [7, 11) is 0. The number of anilines is 2. The molecule has 0 aliphatic heterocycles. The van der Waals surface area contributed by atoms with Gasteiger partial charge in [-0.05, 0) is 23.4 Å². The number of nitrogens with zero attached hydrogens (tertiary/aromatic N) is 2. The van der Waals surface area contributed by atoms with Crippen LogP contribution in [-0.2, 0) is 6.42 Å². The molecule has 2 heterocycles. The van der Waals surface area contributed by atoms with Gasteiger partial charge in [0.25, 0.3) is 5.91 Å². The fraction of sp³-hybridized carbons (Fsp3) is 0.222. The fourth-order valence-corrected chi connectivity index (χ4v) is 2.65. The quantitative estimate of drug-likeness (QED) is 0.877. The van der Waals surface area contributed by atoms with Crippen LogP contribution < -0.4 is 11.1 Å². The molecule has 3 N–H and O–H groups in total. The lowest BCUT2D eigenvalue weighted by Crippen LogP contribution is -2.11. The van der Waals surface area contributed by atoms with E-state index in [1.165, 1.54) is 11.3 Å². The number of nitrogens with two attached hydrogens (primary N) is 1. The maximum Gasteiger partial charge on any atom is 0.267 e. The minimum atomic E-state index is -0.150. The van der Waals surface area contributed by atoms with Crippen molar-refractivity contribution in [3.8, 4) is 0 Å². The predicted octanol–water partition coefficient (Wildman–Crippen LogP) is 2.00. The van der Waals surface area contributed by atoms with Crippen LogP contribution in [-0.4, -0.2) is 16.1 Å². The number of carbonyl (C=O) groups excluding carboxylic acids is 1. The number of nitrogen functional groups attached to an aromatic ring is 1. The van der Waals surface area contributed by atoms with Crippen molar-refractivity contribution in [2.24, 2.45) is 0 Å². The summed E-state index contributed by atoms with van der Waals surface area (Å²) in [6.45, 7) is 2.02. The molecular weight excluding hydrogens is 244 g/mol. The Morgan fingerprint density at radius 3 is 3.00 bits per heavy atom. The van der Waals surface area contributed by atoms with Crippen molar-refractivity contribution in [2.45, 2.75) is 13.3 Å². The summed E-state index contributed by atoms with van der Waals surface area (Å²) in [5.41, 5.74) is 6.47. The molecule has 7 heteroatoms. The zero-order chi connectivity index (χ0) is 11.5.